The number of nitrogens with zero attached hydrogens (tertiary/aromatic N) is 2. The second-order valence-corrected chi connectivity index (χ2v) is 5.30. The van der Waals surface area contributed by atoms with E-state index in [-0.39, 0.29) is 0 Å². The summed E-state index contributed by atoms with van der Waals surface area (Å²) < 4.78 is 0. The molecular formula is C15H26BN3. The van der Waals surface area contributed by atoms with Crippen molar-refractivity contribution in [2.75, 3.05) is 26.2 Å². The lowest BCUT2D eigenvalue weighted by Gasteiger charge is -2.10. The van der Waals surface area contributed by atoms with Crippen LogP contribution >= 0.6 is 0 Å². The number of hydrogen-bond donors (Lipinski definition) is 1. The quantitative estimate of drug-likeness (QED) is 0.298. The third-order valence-corrected chi connectivity index (χ3v) is 3.54. The Labute approximate surface area is 119 Å². The van der Waals surface area contributed by atoms with Crippen LogP contribution in [0.2, 0.25) is 0 Å². The summed E-state index contributed by atoms with van der Waals surface area (Å²) in [5.41, 5.74) is 1.22. The maximum atomic E-state index is 5.76. The summed E-state index contributed by atoms with van der Waals surface area (Å²) in [6.07, 6.45) is 11.0. The van der Waals surface area contributed by atoms with Crippen molar-refractivity contribution in [1.29, 1.82) is 0 Å². The lowest BCUT2D eigenvalue weighted by atomic mass is 10.0. The minimum atomic E-state index is 0.823. The molecule has 0 amide bonds. The van der Waals surface area contributed by atoms with Crippen molar-refractivity contribution >= 4 is 14.7 Å². The van der Waals surface area contributed by atoms with E-state index in [0.29, 0.717) is 0 Å². The first-order chi connectivity index (χ1) is 9.22. The third kappa shape index (κ3) is 8.01. The van der Waals surface area contributed by atoms with E-state index >= 15 is 0 Å². The van der Waals surface area contributed by atoms with Crippen molar-refractivity contribution in [2.24, 2.45) is 10.9 Å². The second kappa shape index (κ2) is 9.99. The highest BCUT2D eigenvalue weighted by Crippen LogP contribution is 2.19. The Morgan fingerprint density at radius 2 is 2.37 bits per heavy atom. The lowest BCUT2D eigenvalue weighted by Crippen LogP contribution is -2.17. The summed E-state index contributed by atoms with van der Waals surface area (Å²) in [5, 5.41) is 3.44. The fourth-order valence-corrected chi connectivity index (χ4v) is 2.35. The molecule has 1 unspecified atom stereocenters. The van der Waals surface area contributed by atoms with Crippen LogP contribution in [0.25, 0.3) is 0 Å². The molecular weight excluding hydrogens is 233 g/mol. The van der Waals surface area contributed by atoms with Crippen LogP contribution in [0.15, 0.2) is 28.9 Å². The Balaban J connectivity index is 1.93. The molecule has 2 radical (unpaired) electrons. The van der Waals surface area contributed by atoms with Crippen molar-refractivity contribution in [3.63, 3.8) is 0 Å². The molecule has 1 N–H and O–H groups in total. The van der Waals surface area contributed by atoms with Crippen LogP contribution in [-0.4, -0.2) is 45.7 Å². The molecule has 4 heteroatoms. The summed E-state index contributed by atoms with van der Waals surface area (Å²) in [4.78, 5) is 5.63. The summed E-state index contributed by atoms with van der Waals surface area (Å²) in [5.74, 6) is 0.823. The molecule has 0 bridgehead atoms. The summed E-state index contributed by atoms with van der Waals surface area (Å²) in [7, 11) is 5.76. The van der Waals surface area contributed by atoms with Crippen LogP contribution in [0.5, 0.6) is 0 Å². The predicted octanol–water partition coefficient (Wildman–Crippen LogP) is 2.31. The van der Waals surface area contributed by atoms with Gasteiger partial charge in [-0.05, 0) is 64.5 Å². The SMILES string of the molecule is [B]N1CCC(CCCCNC/C=C(C)\C=C/N=C)C1. The number of aliphatic imine (C=N–C) groups is 1. The molecule has 1 aliphatic rings. The van der Waals surface area contributed by atoms with Gasteiger partial charge in [0.15, 0.2) is 7.98 Å². The first-order valence-electron chi connectivity index (χ1n) is 7.22. The maximum Gasteiger partial charge on any atom is 0.182 e. The van der Waals surface area contributed by atoms with Crippen molar-refractivity contribution < 1.29 is 0 Å². The largest absolute Gasteiger partial charge is 0.353 e. The second-order valence-electron chi connectivity index (χ2n) is 5.30. The number of unbranched alkanes of at least 4 members (excludes halogenated alkanes) is 1. The Morgan fingerprint density at radius 3 is 3.05 bits per heavy atom. The van der Waals surface area contributed by atoms with Gasteiger partial charge >= 0.3 is 0 Å². The molecule has 1 saturated heterocycles. The molecule has 1 aliphatic heterocycles. The molecule has 1 fully saturated rings. The monoisotopic (exact) mass is 259 g/mol. The molecule has 104 valence electrons. The number of allylic oxidation sites excluding steroid dienone is 2. The van der Waals surface area contributed by atoms with Crippen LogP contribution in [-0.2, 0) is 0 Å². The zero-order chi connectivity index (χ0) is 13.9. The molecule has 0 aromatic carbocycles. The van der Waals surface area contributed by atoms with E-state index in [2.05, 4.69) is 30.0 Å². The minimum absolute atomic E-state index is 0.823. The molecule has 19 heavy (non-hydrogen) atoms. The summed E-state index contributed by atoms with van der Waals surface area (Å²) in [6, 6.07) is 0. The van der Waals surface area contributed by atoms with Gasteiger partial charge in [0.1, 0.15) is 0 Å². The van der Waals surface area contributed by atoms with E-state index < -0.39 is 0 Å². The van der Waals surface area contributed by atoms with E-state index in [1.54, 1.807) is 6.20 Å². The highest BCUT2D eigenvalue weighted by molar-refractivity contribution is 6.04. The molecule has 0 saturated carbocycles. The summed E-state index contributed by atoms with van der Waals surface area (Å²) in [6.45, 7) is 9.65. The highest BCUT2D eigenvalue weighted by atomic mass is 15.0. The number of rotatable bonds is 9. The van der Waals surface area contributed by atoms with E-state index in [1.807, 2.05) is 10.9 Å². The third-order valence-electron chi connectivity index (χ3n) is 3.54. The van der Waals surface area contributed by atoms with E-state index in [4.69, 9.17) is 7.98 Å². The van der Waals surface area contributed by atoms with Gasteiger partial charge in [0.25, 0.3) is 0 Å². The zero-order valence-electron chi connectivity index (χ0n) is 12.1. The van der Waals surface area contributed by atoms with Gasteiger partial charge in [-0.1, -0.05) is 18.1 Å². The average Bonchev–Trinajstić information content (AvgIpc) is 2.81. The topological polar surface area (TPSA) is 27.6 Å². The minimum Gasteiger partial charge on any atom is -0.353 e. The van der Waals surface area contributed by atoms with Crippen LogP contribution in [0.3, 0.4) is 0 Å². The smallest absolute Gasteiger partial charge is 0.182 e. The first-order valence-corrected chi connectivity index (χ1v) is 7.22. The van der Waals surface area contributed by atoms with Crippen LogP contribution in [0.1, 0.15) is 32.6 Å². The standard InChI is InChI=1S/C15H26BN3/c1-14(6-10-17-2)7-11-18-9-4-3-5-15-8-12-19(16)13-15/h6-7,10,15,18H,2-5,8-9,11-13H2,1H3/b10-6-,14-7-. The molecule has 1 rings (SSSR count). The van der Waals surface area contributed by atoms with Crippen LogP contribution in [0.4, 0.5) is 0 Å². The molecule has 1 atom stereocenters. The van der Waals surface area contributed by atoms with E-state index in [0.717, 1.165) is 32.1 Å². The van der Waals surface area contributed by atoms with Crippen molar-refractivity contribution in [1.82, 2.24) is 10.1 Å². The Kier molecular flexibility index (Phi) is 8.51. The number of hydrogen-bond acceptors (Lipinski definition) is 3. The van der Waals surface area contributed by atoms with Gasteiger partial charge in [0.05, 0.1) is 0 Å². The molecule has 1 heterocycles. The Hall–Kier alpha value is -0.865. The van der Waals surface area contributed by atoms with E-state index in [9.17, 15) is 0 Å². The van der Waals surface area contributed by atoms with Crippen molar-refractivity contribution in [3.8, 4) is 0 Å². The molecule has 3 nitrogen and oxygen atoms in total. The Morgan fingerprint density at radius 1 is 1.53 bits per heavy atom. The first kappa shape index (κ1) is 16.2. The van der Waals surface area contributed by atoms with Gasteiger partial charge in [-0.3, -0.25) is 4.99 Å². The van der Waals surface area contributed by atoms with Crippen molar-refractivity contribution in [3.05, 3.63) is 23.9 Å². The molecule has 0 aromatic heterocycles. The zero-order valence-corrected chi connectivity index (χ0v) is 12.1. The normalized spacial score (nSPS) is 21.3. The Bertz CT molecular complexity index is 313. The lowest BCUT2D eigenvalue weighted by molar-refractivity contribution is 0.460. The number of nitrogens with one attached hydrogen (secondary N) is 1. The van der Waals surface area contributed by atoms with Gasteiger partial charge in [0, 0.05) is 12.7 Å². The van der Waals surface area contributed by atoms with E-state index in [1.165, 1.54) is 31.3 Å². The van der Waals surface area contributed by atoms with Crippen LogP contribution in [0, 0.1) is 5.92 Å². The molecule has 0 aliphatic carbocycles. The van der Waals surface area contributed by atoms with Gasteiger partial charge in [-0.2, -0.15) is 0 Å². The predicted molar refractivity (Wildman–Crippen MR) is 84.6 cm³/mol. The maximum absolute atomic E-state index is 5.76. The average molecular weight is 259 g/mol. The van der Waals surface area contributed by atoms with Gasteiger partial charge in [-0.25, -0.2) is 0 Å². The van der Waals surface area contributed by atoms with Gasteiger partial charge in [-0.15, -0.1) is 0 Å². The molecule has 0 aromatic rings. The fraction of sp³-hybridized carbons (Fsp3) is 0.667. The fourth-order valence-electron chi connectivity index (χ4n) is 2.35. The van der Waals surface area contributed by atoms with Crippen LogP contribution < -0.4 is 5.32 Å². The van der Waals surface area contributed by atoms with Gasteiger partial charge in [0.2, 0.25) is 0 Å². The van der Waals surface area contributed by atoms with Crippen molar-refractivity contribution in [2.45, 2.75) is 32.6 Å². The molecule has 0 spiro atoms. The highest BCUT2D eigenvalue weighted by Gasteiger charge is 2.17. The van der Waals surface area contributed by atoms with Gasteiger partial charge < -0.3 is 10.1 Å². The summed E-state index contributed by atoms with van der Waals surface area (Å²) >= 11 is 0.